The van der Waals surface area contributed by atoms with Crippen LogP contribution in [0.2, 0.25) is 0 Å². The number of hydrogen-bond acceptors (Lipinski definition) is 3. The van der Waals surface area contributed by atoms with E-state index in [-0.39, 0.29) is 24.2 Å². The number of amides is 3. The highest BCUT2D eigenvalue weighted by atomic mass is 16.2. The SMILES string of the molecule is CCC(C)C(NC(=O)c1ccccc1)C(=O)NNC(=O)Cc1ccccc1. The van der Waals surface area contributed by atoms with E-state index in [1.165, 1.54) is 0 Å². The zero-order valence-corrected chi connectivity index (χ0v) is 15.6. The predicted octanol–water partition coefficient (Wildman–Crippen LogP) is 2.22. The van der Waals surface area contributed by atoms with E-state index < -0.39 is 11.9 Å². The van der Waals surface area contributed by atoms with Crippen molar-refractivity contribution in [3.05, 3.63) is 71.8 Å². The molecule has 2 aromatic carbocycles. The lowest BCUT2D eigenvalue weighted by molar-refractivity contribution is -0.130. The van der Waals surface area contributed by atoms with Gasteiger partial charge in [-0.25, -0.2) is 0 Å². The van der Waals surface area contributed by atoms with Gasteiger partial charge in [0.15, 0.2) is 0 Å². The predicted molar refractivity (Wildman–Crippen MR) is 104 cm³/mol. The van der Waals surface area contributed by atoms with Crippen molar-refractivity contribution in [3.8, 4) is 0 Å². The zero-order valence-electron chi connectivity index (χ0n) is 15.6. The molecule has 2 unspecified atom stereocenters. The molecule has 0 saturated heterocycles. The summed E-state index contributed by atoms with van der Waals surface area (Å²) in [6, 6.07) is 17.2. The normalized spacial score (nSPS) is 12.5. The topological polar surface area (TPSA) is 87.3 Å². The lowest BCUT2D eigenvalue weighted by Gasteiger charge is -2.23. The first kappa shape index (κ1) is 20.2. The van der Waals surface area contributed by atoms with Crippen LogP contribution in [0, 0.1) is 5.92 Å². The lowest BCUT2D eigenvalue weighted by atomic mass is 9.98. The molecule has 6 nitrogen and oxygen atoms in total. The van der Waals surface area contributed by atoms with Gasteiger partial charge in [0.25, 0.3) is 11.8 Å². The molecule has 142 valence electrons. The van der Waals surface area contributed by atoms with Crippen molar-refractivity contribution in [2.24, 2.45) is 5.92 Å². The van der Waals surface area contributed by atoms with Crippen molar-refractivity contribution in [3.63, 3.8) is 0 Å². The Balaban J connectivity index is 1.94. The largest absolute Gasteiger partial charge is 0.340 e. The third-order valence-electron chi connectivity index (χ3n) is 4.35. The average Bonchev–Trinajstić information content (AvgIpc) is 2.71. The number of hydrazine groups is 1. The molecule has 0 aliphatic heterocycles. The molecule has 0 radical (unpaired) electrons. The van der Waals surface area contributed by atoms with Gasteiger partial charge >= 0.3 is 0 Å². The van der Waals surface area contributed by atoms with Crippen molar-refractivity contribution in [2.75, 3.05) is 0 Å². The fourth-order valence-electron chi connectivity index (χ4n) is 2.55. The molecule has 3 N–H and O–H groups in total. The first-order valence-electron chi connectivity index (χ1n) is 8.99. The van der Waals surface area contributed by atoms with Gasteiger partial charge < -0.3 is 5.32 Å². The van der Waals surface area contributed by atoms with E-state index in [9.17, 15) is 14.4 Å². The molecule has 0 heterocycles. The molecule has 6 heteroatoms. The third-order valence-corrected chi connectivity index (χ3v) is 4.35. The van der Waals surface area contributed by atoms with Gasteiger partial charge in [-0.05, 0) is 23.6 Å². The molecule has 3 amide bonds. The van der Waals surface area contributed by atoms with Crippen molar-refractivity contribution in [2.45, 2.75) is 32.7 Å². The second-order valence-corrected chi connectivity index (χ2v) is 6.40. The summed E-state index contributed by atoms with van der Waals surface area (Å²) < 4.78 is 0. The van der Waals surface area contributed by atoms with Crippen LogP contribution in [0.3, 0.4) is 0 Å². The summed E-state index contributed by atoms with van der Waals surface area (Å²) in [4.78, 5) is 36.9. The summed E-state index contributed by atoms with van der Waals surface area (Å²) in [5, 5.41) is 2.75. The van der Waals surface area contributed by atoms with Crippen molar-refractivity contribution in [1.29, 1.82) is 0 Å². The summed E-state index contributed by atoms with van der Waals surface area (Å²) in [5.41, 5.74) is 6.16. The molecule has 0 saturated carbocycles. The van der Waals surface area contributed by atoms with Gasteiger partial charge in [0.1, 0.15) is 6.04 Å². The Labute approximate surface area is 159 Å². The highest BCUT2D eigenvalue weighted by Gasteiger charge is 2.26. The summed E-state index contributed by atoms with van der Waals surface area (Å²) in [5.74, 6) is -1.20. The van der Waals surface area contributed by atoms with Gasteiger partial charge in [-0.15, -0.1) is 0 Å². The summed E-state index contributed by atoms with van der Waals surface area (Å²) in [6.45, 7) is 3.81. The van der Waals surface area contributed by atoms with Gasteiger partial charge in [-0.1, -0.05) is 68.8 Å². The van der Waals surface area contributed by atoms with E-state index in [4.69, 9.17) is 0 Å². The van der Waals surface area contributed by atoms with Crippen LogP contribution in [0.25, 0.3) is 0 Å². The minimum absolute atomic E-state index is 0.0938. The molecule has 27 heavy (non-hydrogen) atoms. The van der Waals surface area contributed by atoms with Crippen molar-refractivity contribution in [1.82, 2.24) is 16.2 Å². The molecule has 2 atom stereocenters. The molecule has 0 aromatic heterocycles. The average molecular weight is 367 g/mol. The monoisotopic (exact) mass is 367 g/mol. The van der Waals surface area contributed by atoms with E-state index in [0.717, 1.165) is 5.56 Å². The maximum absolute atomic E-state index is 12.5. The summed E-state index contributed by atoms with van der Waals surface area (Å²) in [7, 11) is 0. The second kappa shape index (κ2) is 10.1. The fourth-order valence-corrected chi connectivity index (χ4v) is 2.55. The quantitative estimate of drug-likeness (QED) is 0.656. The lowest BCUT2D eigenvalue weighted by Crippen LogP contribution is -2.54. The van der Waals surface area contributed by atoms with E-state index in [2.05, 4.69) is 16.2 Å². The Morgan fingerprint density at radius 2 is 1.48 bits per heavy atom. The molecule has 0 aliphatic carbocycles. The van der Waals surface area contributed by atoms with Crippen LogP contribution in [0.5, 0.6) is 0 Å². The number of carbonyl (C=O) groups is 3. The summed E-state index contributed by atoms with van der Waals surface area (Å²) >= 11 is 0. The van der Waals surface area contributed by atoms with Gasteiger partial charge in [0.05, 0.1) is 6.42 Å². The molecule has 2 aromatic rings. The Hall–Kier alpha value is -3.15. The maximum Gasteiger partial charge on any atom is 0.261 e. The number of benzene rings is 2. The second-order valence-electron chi connectivity index (χ2n) is 6.40. The molecule has 0 fully saturated rings. The molecular formula is C21H25N3O3. The first-order valence-corrected chi connectivity index (χ1v) is 8.99. The van der Waals surface area contributed by atoms with Crippen molar-refractivity contribution < 1.29 is 14.4 Å². The highest BCUT2D eigenvalue weighted by Crippen LogP contribution is 2.09. The summed E-state index contributed by atoms with van der Waals surface area (Å²) in [6.07, 6.45) is 0.858. The molecule has 0 aliphatic rings. The van der Waals surface area contributed by atoms with Gasteiger partial charge in [0.2, 0.25) is 5.91 Å². The van der Waals surface area contributed by atoms with Crippen LogP contribution in [0.1, 0.15) is 36.2 Å². The number of rotatable bonds is 7. The smallest absolute Gasteiger partial charge is 0.261 e. The number of hydrogen-bond donors (Lipinski definition) is 3. The van der Waals surface area contributed by atoms with E-state index in [0.29, 0.717) is 12.0 Å². The molecule has 2 rings (SSSR count). The van der Waals surface area contributed by atoms with Gasteiger partial charge in [-0.2, -0.15) is 0 Å². The number of carbonyl (C=O) groups excluding carboxylic acids is 3. The third kappa shape index (κ3) is 6.26. The Morgan fingerprint density at radius 1 is 0.889 bits per heavy atom. The van der Waals surface area contributed by atoms with Crippen LogP contribution in [0.15, 0.2) is 60.7 Å². The zero-order chi connectivity index (χ0) is 19.6. The standard InChI is InChI=1S/C21H25N3O3/c1-3-15(2)19(22-20(26)17-12-8-5-9-13-17)21(27)24-23-18(25)14-16-10-6-4-7-11-16/h4-13,15,19H,3,14H2,1-2H3,(H,22,26)(H,23,25)(H,24,27). The highest BCUT2D eigenvalue weighted by molar-refractivity contribution is 5.97. The van der Waals surface area contributed by atoms with E-state index in [1.54, 1.807) is 24.3 Å². The Morgan fingerprint density at radius 3 is 2.07 bits per heavy atom. The molecule has 0 bridgehead atoms. The Bertz CT molecular complexity index is 763. The first-order chi connectivity index (χ1) is 13.0. The van der Waals surface area contributed by atoms with Crippen LogP contribution < -0.4 is 16.2 Å². The van der Waals surface area contributed by atoms with Gasteiger partial charge in [-0.3, -0.25) is 25.2 Å². The minimum Gasteiger partial charge on any atom is -0.340 e. The van der Waals surface area contributed by atoms with Crippen molar-refractivity contribution >= 4 is 17.7 Å². The van der Waals surface area contributed by atoms with E-state index in [1.807, 2.05) is 50.2 Å². The van der Waals surface area contributed by atoms with Crippen LogP contribution >= 0.6 is 0 Å². The molecular weight excluding hydrogens is 342 g/mol. The van der Waals surface area contributed by atoms with E-state index >= 15 is 0 Å². The Kier molecular flexibility index (Phi) is 7.55. The van der Waals surface area contributed by atoms with Crippen LogP contribution in [-0.4, -0.2) is 23.8 Å². The number of nitrogens with one attached hydrogen (secondary N) is 3. The van der Waals surface area contributed by atoms with Crippen LogP contribution in [0.4, 0.5) is 0 Å². The minimum atomic E-state index is -0.750. The maximum atomic E-state index is 12.5. The molecule has 0 spiro atoms. The van der Waals surface area contributed by atoms with Crippen LogP contribution in [-0.2, 0) is 16.0 Å². The fraction of sp³-hybridized carbons (Fsp3) is 0.286. The van der Waals surface area contributed by atoms with Gasteiger partial charge in [0, 0.05) is 5.56 Å².